The van der Waals surface area contributed by atoms with Crippen LogP contribution in [0.15, 0.2) is 42.6 Å². The van der Waals surface area contributed by atoms with Gasteiger partial charge in [0, 0.05) is 12.7 Å². The molecule has 7 heteroatoms. The number of hydrogen-bond donors (Lipinski definition) is 1. The molecule has 1 aliphatic heterocycles. The molecule has 1 aromatic carbocycles. The number of aromatic hydroxyl groups is 1. The first-order valence-corrected chi connectivity index (χ1v) is 8.09. The summed E-state index contributed by atoms with van der Waals surface area (Å²) in [6.45, 7) is 0.759. The Kier molecular flexibility index (Phi) is 5.33. The first kappa shape index (κ1) is 17.0. The number of phenols is 1. The average molecular weight is 346 g/mol. The van der Waals surface area contributed by atoms with Gasteiger partial charge >= 0.3 is 0 Å². The predicted molar refractivity (Wildman–Crippen MR) is 88.0 cm³/mol. The fraction of sp³-hybridized carbons (Fsp3) is 0.333. The Bertz CT molecular complexity index is 741. The molecule has 1 amide bonds. The number of amides is 1. The molecular formula is C18H19FN2O4. The molecule has 0 aliphatic carbocycles. The molecule has 0 radical (unpaired) electrons. The van der Waals surface area contributed by atoms with E-state index in [-0.39, 0.29) is 36.0 Å². The third kappa shape index (κ3) is 4.37. The van der Waals surface area contributed by atoms with E-state index in [2.05, 4.69) is 4.98 Å². The lowest BCUT2D eigenvalue weighted by Crippen LogP contribution is -2.46. The Morgan fingerprint density at radius 1 is 1.32 bits per heavy atom. The highest BCUT2D eigenvalue weighted by Gasteiger charge is 2.26. The van der Waals surface area contributed by atoms with E-state index in [4.69, 9.17) is 9.47 Å². The van der Waals surface area contributed by atoms with E-state index in [0.717, 1.165) is 12.8 Å². The summed E-state index contributed by atoms with van der Waals surface area (Å²) in [5, 5.41) is 9.65. The minimum absolute atomic E-state index is 0.0132. The van der Waals surface area contributed by atoms with Crippen molar-refractivity contribution in [1.29, 1.82) is 0 Å². The Morgan fingerprint density at radius 2 is 2.16 bits per heavy atom. The topological polar surface area (TPSA) is 71.9 Å². The maximum Gasteiger partial charge on any atom is 0.260 e. The van der Waals surface area contributed by atoms with Crippen LogP contribution in [0.25, 0.3) is 0 Å². The van der Waals surface area contributed by atoms with Gasteiger partial charge in [-0.15, -0.1) is 0 Å². The normalized spacial score (nSPS) is 17.2. The number of likely N-dealkylation sites (tertiary alicyclic amines) is 1. The summed E-state index contributed by atoms with van der Waals surface area (Å²) >= 11 is 0. The molecule has 1 N–H and O–H groups in total. The van der Waals surface area contributed by atoms with Crippen LogP contribution >= 0.6 is 0 Å². The number of rotatable bonds is 5. The number of ether oxygens (including phenoxy) is 2. The Morgan fingerprint density at radius 3 is 2.96 bits per heavy atom. The number of pyridine rings is 1. The monoisotopic (exact) mass is 346 g/mol. The number of hydrogen-bond acceptors (Lipinski definition) is 5. The summed E-state index contributed by atoms with van der Waals surface area (Å²) < 4.78 is 24.6. The van der Waals surface area contributed by atoms with Gasteiger partial charge in [-0.05, 0) is 37.1 Å². The van der Waals surface area contributed by atoms with Crippen molar-refractivity contribution < 1.29 is 23.8 Å². The van der Waals surface area contributed by atoms with Gasteiger partial charge in [-0.1, -0.05) is 12.1 Å². The molecule has 0 bridgehead atoms. The second-order valence-electron chi connectivity index (χ2n) is 5.77. The minimum atomic E-state index is -0.520. The molecule has 0 spiro atoms. The molecule has 1 aromatic heterocycles. The molecule has 2 aromatic rings. The highest BCUT2D eigenvalue weighted by molar-refractivity contribution is 5.78. The van der Waals surface area contributed by atoms with Gasteiger partial charge in [0.1, 0.15) is 6.10 Å². The van der Waals surface area contributed by atoms with Gasteiger partial charge in [0.25, 0.3) is 11.8 Å². The highest BCUT2D eigenvalue weighted by atomic mass is 19.1. The van der Waals surface area contributed by atoms with Crippen molar-refractivity contribution in [3.05, 3.63) is 48.4 Å². The van der Waals surface area contributed by atoms with Crippen LogP contribution in [-0.4, -0.2) is 46.7 Å². The van der Waals surface area contributed by atoms with Crippen molar-refractivity contribution in [1.82, 2.24) is 9.88 Å². The largest absolute Gasteiger partial charge is 0.504 e. The second-order valence-corrected chi connectivity index (χ2v) is 5.77. The van der Waals surface area contributed by atoms with Crippen molar-refractivity contribution in [3.8, 4) is 17.4 Å². The van der Waals surface area contributed by atoms with Crippen molar-refractivity contribution in [3.63, 3.8) is 0 Å². The summed E-state index contributed by atoms with van der Waals surface area (Å²) in [4.78, 5) is 17.8. The van der Waals surface area contributed by atoms with Gasteiger partial charge in [0.2, 0.25) is 0 Å². The van der Waals surface area contributed by atoms with Crippen LogP contribution in [0, 0.1) is 5.82 Å². The zero-order chi connectivity index (χ0) is 17.6. The summed E-state index contributed by atoms with van der Waals surface area (Å²) in [6, 6.07) is 9.25. The van der Waals surface area contributed by atoms with Crippen molar-refractivity contribution in [2.45, 2.75) is 18.9 Å². The number of halogens is 1. The van der Waals surface area contributed by atoms with Gasteiger partial charge in [-0.3, -0.25) is 4.79 Å². The first-order chi connectivity index (χ1) is 12.1. The molecule has 25 heavy (non-hydrogen) atoms. The Balaban J connectivity index is 1.55. The smallest absolute Gasteiger partial charge is 0.260 e. The Hall–Kier alpha value is -2.83. The van der Waals surface area contributed by atoms with E-state index in [1.54, 1.807) is 23.1 Å². The number of piperidine rings is 1. The second kappa shape index (κ2) is 7.83. The molecule has 1 atom stereocenters. The third-order valence-electron chi connectivity index (χ3n) is 3.95. The summed E-state index contributed by atoms with van der Waals surface area (Å²) in [5.74, 6) is -0.531. The maximum absolute atomic E-state index is 13.6. The van der Waals surface area contributed by atoms with E-state index in [1.807, 2.05) is 0 Å². The number of phenolic OH excluding ortho intramolecular Hbond substituents is 1. The zero-order valence-corrected chi connectivity index (χ0v) is 13.6. The van der Waals surface area contributed by atoms with E-state index in [9.17, 15) is 14.3 Å². The minimum Gasteiger partial charge on any atom is -0.504 e. The van der Waals surface area contributed by atoms with E-state index in [0.29, 0.717) is 13.1 Å². The van der Waals surface area contributed by atoms with Gasteiger partial charge in [0.05, 0.1) is 6.54 Å². The number of para-hydroxylation sites is 2. The van der Waals surface area contributed by atoms with E-state index >= 15 is 0 Å². The van der Waals surface area contributed by atoms with Crippen molar-refractivity contribution in [2.75, 3.05) is 19.7 Å². The lowest BCUT2D eigenvalue weighted by molar-refractivity contribution is -0.136. The summed E-state index contributed by atoms with van der Waals surface area (Å²) in [5.41, 5.74) is 0. The molecule has 1 aliphatic rings. The SMILES string of the molecule is O=C(COc1ccccc1O)N1CCC[C@@H](Oc2ncccc2F)C1. The molecule has 6 nitrogen and oxygen atoms in total. The van der Waals surface area contributed by atoms with Gasteiger partial charge in [-0.2, -0.15) is 0 Å². The molecule has 0 unspecified atom stereocenters. The quantitative estimate of drug-likeness (QED) is 0.900. The third-order valence-corrected chi connectivity index (χ3v) is 3.95. The predicted octanol–water partition coefficient (Wildman–Crippen LogP) is 2.38. The molecule has 0 saturated carbocycles. The fourth-order valence-electron chi connectivity index (χ4n) is 2.69. The van der Waals surface area contributed by atoms with E-state index < -0.39 is 5.82 Å². The first-order valence-electron chi connectivity index (χ1n) is 8.09. The molecule has 132 valence electrons. The van der Waals surface area contributed by atoms with Crippen LogP contribution in [-0.2, 0) is 4.79 Å². The molecule has 3 rings (SSSR count). The van der Waals surface area contributed by atoms with Crippen LogP contribution in [0.4, 0.5) is 4.39 Å². The lowest BCUT2D eigenvalue weighted by Gasteiger charge is -2.32. The van der Waals surface area contributed by atoms with E-state index in [1.165, 1.54) is 24.4 Å². The van der Waals surface area contributed by atoms with Crippen molar-refractivity contribution in [2.24, 2.45) is 0 Å². The number of benzene rings is 1. The van der Waals surface area contributed by atoms with Gasteiger partial charge in [-0.25, -0.2) is 9.37 Å². The van der Waals surface area contributed by atoms with Crippen LogP contribution in [0.5, 0.6) is 17.4 Å². The molecular weight excluding hydrogens is 327 g/mol. The summed E-state index contributed by atoms with van der Waals surface area (Å²) in [6.07, 6.45) is 2.62. The fourth-order valence-corrected chi connectivity index (χ4v) is 2.69. The average Bonchev–Trinajstić information content (AvgIpc) is 2.63. The van der Waals surface area contributed by atoms with Crippen LogP contribution in [0.2, 0.25) is 0 Å². The number of nitrogens with zero attached hydrogens (tertiary/aromatic N) is 2. The molecule has 2 heterocycles. The van der Waals surface area contributed by atoms with Crippen molar-refractivity contribution >= 4 is 5.91 Å². The van der Waals surface area contributed by atoms with Crippen LogP contribution < -0.4 is 9.47 Å². The molecule has 1 fully saturated rings. The number of carbonyl (C=O) groups is 1. The summed E-state index contributed by atoms with van der Waals surface area (Å²) in [7, 11) is 0. The highest BCUT2D eigenvalue weighted by Crippen LogP contribution is 2.24. The standard InChI is InChI=1S/C18H19FN2O4/c19-14-6-3-9-20-18(14)25-13-5-4-10-21(11-13)17(23)12-24-16-8-2-1-7-15(16)22/h1-3,6-9,13,22H,4-5,10-12H2/t13-/m1/s1. The zero-order valence-electron chi connectivity index (χ0n) is 13.6. The maximum atomic E-state index is 13.6. The van der Waals surface area contributed by atoms with Gasteiger partial charge in [0.15, 0.2) is 23.9 Å². The van der Waals surface area contributed by atoms with Crippen LogP contribution in [0.3, 0.4) is 0 Å². The Labute approximate surface area is 144 Å². The lowest BCUT2D eigenvalue weighted by atomic mass is 10.1. The number of aromatic nitrogens is 1. The molecule has 1 saturated heterocycles. The van der Waals surface area contributed by atoms with Gasteiger partial charge < -0.3 is 19.5 Å². The van der Waals surface area contributed by atoms with Crippen LogP contribution in [0.1, 0.15) is 12.8 Å². The number of carbonyl (C=O) groups excluding carboxylic acids is 1.